The highest BCUT2D eigenvalue weighted by molar-refractivity contribution is 9.10. The van der Waals surface area contributed by atoms with Crippen molar-refractivity contribution >= 4 is 26.0 Å². The zero-order valence-corrected chi connectivity index (χ0v) is 11.8. The second kappa shape index (κ2) is 6.34. The molecular formula is C10H14BrNO4S. The zero-order valence-electron chi connectivity index (χ0n) is 9.35. The standard InChI is InChI=1S/C10H14BrNO4S/c1-2-15-5-6-16-10-4-3-8(7-9(10)11)17(12,13)14/h3-4,7H,2,5-6H2,1H3,(H2,12,13,14). The van der Waals surface area contributed by atoms with Crippen LogP contribution in [0.5, 0.6) is 5.75 Å². The summed E-state index contributed by atoms with van der Waals surface area (Å²) in [5, 5.41) is 5.01. The van der Waals surface area contributed by atoms with E-state index in [1.165, 1.54) is 12.1 Å². The molecule has 7 heteroatoms. The van der Waals surface area contributed by atoms with Crippen molar-refractivity contribution < 1.29 is 17.9 Å². The molecule has 0 amide bonds. The molecule has 1 aromatic carbocycles. The van der Waals surface area contributed by atoms with Crippen LogP contribution in [0.3, 0.4) is 0 Å². The third-order valence-corrected chi connectivity index (χ3v) is 3.45. The van der Waals surface area contributed by atoms with Crippen molar-refractivity contribution in [1.82, 2.24) is 0 Å². The predicted molar refractivity (Wildman–Crippen MR) is 67.5 cm³/mol. The van der Waals surface area contributed by atoms with Gasteiger partial charge >= 0.3 is 0 Å². The summed E-state index contributed by atoms with van der Waals surface area (Å²) in [5.41, 5.74) is 0. The van der Waals surface area contributed by atoms with Gasteiger partial charge in [-0.2, -0.15) is 0 Å². The minimum absolute atomic E-state index is 0.0431. The zero-order chi connectivity index (χ0) is 12.9. The third-order valence-electron chi connectivity index (χ3n) is 1.92. The Morgan fingerprint density at radius 3 is 2.59 bits per heavy atom. The summed E-state index contributed by atoms with van der Waals surface area (Å²) in [6, 6.07) is 4.36. The molecule has 0 heterocycles. The normalized spacial score (nSPS) is 11.5. The average molecular weight is 324 g/mol. The molecule has 1 aromatic rings. The predicted octanol–water partition coefficient (Wildman–Crippen LogP) is 1.51. The highest BCUT2D eigenvalue weighted by Gasteiger charge is 2.10. The van der Waals surface area contributed by atoms with Crippen molar-refractivity contribution in [3.8, 4) is 5.75 Å². The molecule has 0 unspecified atom stereocenters. The lowest BCUT2D eigenvalue weighted by Crippen LogP contribution is -2.12. The first-order chi connectivity index (χ1) is 7.95. The molecule has 0 aliphatic rings. The van der Waals surface area contributed by atoms with E-state index in [4.69, 9.17) is 14.6 Å². The maximum atomic E-state index is 11.1. The minimum Gasteiger partial charge on any atom is -0.490 e. The van der Waals surface area contributed by atoms with Crippen LogP contribution >= 0.6 is 15.9 Å². The van der Waals surface area contributed by atoms with Crippen LogP contribution in [0.1, 0.15) is 6.92 Å². The van der Waals surface area contributed by atoms with Gasteiger partial charge in [0.05, 0.1) is 16.0 Å². The molecular weight excluding hydrogens is 310 g/mol. The third kappa shape index (κ3) is 4.63. The van der Waals surface area contributed by atoms with Crippen LogP contribution in [0.4, 0.5) is 0 Å². The molecule has 0 atom stereocenters. The van der Waals surface area contributed by atoms with Crippen molar-refractivity contribution in [3.05, 3.63) is 22.7 Å². The quantitative estimate of drug-likeness (QED) is 0.805. The molecule has 96 valence electrons. The molecule has 0 bridgehead atoms. The summed E-state index contributed by atoms with van der Waals surface area (Å²) in [6.07, 6.45) is 0. The first-order valence-electron chi connectivity index (χ1n) is 4.98. The number of sulfonamides is 1. The fraction of sp³-hybridized carbons (Fsp3) is 0.400. The minimum atomic E-state index is -3.68. The molecule has 17 heavy (non-hydrogen) atoms. The summed E-state index contributed by atoms with van der Waals surface area (Å²) < 4.78 is 33.2. The Kier molecular flexibility index (Phi) is 5.38. The molecule has 5 nitrogen and oxygen atoms in total. The number of nitrogens with two attached hydrogens (primary N) is 1. The first-order valence-corrected chi connectivity index (χ1v) is 7.32. The summed E-state index contributed by atoms with van der Waals surface area (Å²) in [5.74, 6) is 0.553. The lowest BCUT2D eigenvalue weighted by atomic mass is 10.3. The Balaban J connectivity index is 2.70. The smallest absolute Gasteiger partial charge is 0.238 e. The number of primary sulfonamides is 1. The van der Waals surface area contributed by atoms with Gasteiger partial charge in [0.25, 0.3) is 0 Å². The maximum Gasteiger partial charge on any atom is 0.238 e. The molecule has 0 spiro atoms. The van der Waals surface area contributed by atoms with E-state index in [1.54, 1.807) is 6.07 Å². The molecule has 0 saturated carbocycles. The topological polar surface area (TPSA) is 78.6 Å². The molecule has 2 N–H and O–H groups in total. The van der Waals surface area contributed by atoms with E-state index in [-0.39, 0.29) is 4.90 Å². The molecule has 0 fully saturated rings. The van der Waals surface area contributed by atoms with E-state index >= 15 is 0 Å². The molecule has 0 aliphatic heterocycles. The lowest BCUT2D eigenvalue weighted by Gasteiger charge is -2.09. The number of rotatable bonds is 6. The van der Waals surface area contributed by atoms with Crippen molar-refractivity contribution in [2.75, 3.05) is 19.8 Å². The summed E-state index contributed by atoms with van der Waals surface area (Å²) in [6.45, 7) is 3.42. The summed E-state index contributed by atoms with van der Waals surface area (Å²) >= 11 is 3.22. The fourth-order valence-corrected chi connectivity index (χ4v) is 2.32. The molecule has 1 rings (SSSR count). The van der Waals surface area contributed by atoms with Gasteiger partial charge in [0.15, 0.2) is 0 Å². The maximum absolute atomic E-state index is 11.1. The Morgan fingerprint density at radius 2 is 2.06 bits per heavy atom. The van der Waals surface area contributed by atoms with Crippen LogP contribution < -0.4 is 9.88 Å². The fourth-order valence-electron chi connectivity index (χ4n) is 1.13. The van der Waals surface area contributed by atoms with Crippen LogP contribution in [0, 0.1) is 0 Å². The van der Waals surface area contributed by atoms with Gasteiger partial charge in [0.1, 0.15) is 12.4 Å². The molecule has 0 saturated heterocycles. The first kappa shape index (κ1) is 14.4. The van der Waals surface area contributed by atoms with Gasteiger partial charge < -0.3 is 9.47 Å². The number of ether oxygens (including phenoxy) is 2. The average Bonchev–Trinajstić information content (AvgIpc) is 2.24. The van der Waals surface area contributed by atoms with Crippen molar-refractivity contribution in [2.24, 2.45) is 5.14 Å². The van der Waals surface area contributed by atoms with E-state index in [2.05, 4.69) is 15.9 Å². The van der Waals surface area contributed by atoms with Crippen LogP contribution in [0.15, 0.2) is 27.6 Å². The van der Waals surface area contributed by atoms with Gasteiger partial charge in [0, 0.05) is 6.61 Å². The van der Waals surface area contributed by atoms with Gasteiger partial charge in [-0.15, -0.1) is 0 Å². The second-order valence-corrected chi connectivity index (χ2v) is 5.60. The van der Waals surface area contributed by atoms with Crippen molar-refractivity contribution in [2.45, 2.75) is 11.8 Å². The van der Waals surface area contributed by atoms with Crippen LogP contribution in [0.2, 0.25) is 0 Å². The van der Waals surface area contributed by atoms with E-state index < -0.39 is 10.0 Å². The van der Waals surface area contributed by atoms with Gasteiger partial charge in [0.2, 0.25) is 10.0 Å². The van der Waals surface area contributed by atoms with Crippen molar-refractivity contribution in [3.63, 3.8) is 0 Å². The van der Waals surface area contributed by atoms with Crippen LogP contribution in [-0.4, -0.2) is 28.2 Å². The Labute approximate surface area is 109 Å². The van der Waals surface area contributed by atoms with Gasteiger partial charge in [-0.25, -0.2) is 13.6 Å². The van der Waals surface area contributed by atoms with E-state index in [1.807, 2.05) is 6.92 Å². The number of hydrogen-bond donors (Lipinski definition) is 1. The number of benzene rings is 1. The van der Waals surface area contributed by atoms with Crippen molar-refractivity contribution in [1.29, 1.82) is 0 Å². The van der Waals surface area contributed by atoms with Gasteiger partial charge in [-0.05, 0) is 41.1 Å². The Morgan fingerprint density at radius 1 is 1.35 bits per heavy atom. The van der Waals surface area contributed by atoms with E-state index in [0.717, 1.165) is 0 Å². The van der Waals surface area contributed by atoms with Crippen LogP contribution in [0.25, 0.3) is 0 Å². The second-order valence-electron chi connectivity index (χ2n) is 3.18. The highest BCUT2D eigenvalue weighted by atomic mass is 79.9. The van der Waals surface area contributed by atoms with Crippen LogP contribution in [-0.2, 0) is 14.8 Å². The lowest BCUT2D eigenvalue weighted by molar-refractivity contribution is 0.110. The SMILES string of the molecule is CCOCCOc1ccc(S(N)(=O)=O)cc1Br. The van der Waals surface area contributed by atoms with E-state index in [9.17, 15) is 8.42 Å². The van der Waals surface area contributed by atoms with Gasteiger partial charge in [-0.1, -0.05) is 0 Å². The Bertz CT molecular complexity index is 475. The molecule has 0 aromatic heterocycles. The molecule has 0 aliphatic carbocycles. The summed E-state index contributed by atoms with van der Waals surface area (Å²) in [4.78, 5) is 0.0431. The van der Waals surface area contributed by atoms with E-state index in [0.29, 0.717) is 30.0 Å². The Hall–Kier alpha value is -0.630. The number of halogens is 1. The largest absolute Gasteiger partial charge is 0.490 e. The monoisotopic (exact) mass is 323 g/mol. The van der Waals surface area contributed by atoms with Gasteiger partial charge in [-0.3, -0.25) is 0 Å². The summed E-state index contributed by atoms with van der Waals surface area (Å²) in [7, 11) is -3.68. The number of hydrogen-bond acceptors (Lipinski definition) is 4. The highest BCUT2D eigenvalue weighted by Crippen LogP contribution is 2.27. The molecule has 0 radical (unpaired) electrons.